The first-order valence-corrected chi connectivity index (χ1v) is 14.1. The highest BCUT2D eigenvalue weighted by Crippen LogP contribution is 2.26. The average Bonchev–Trinajstić information content (AvgIpc) is 3.02. The first-order chi connectivity index (χ1) is 20.4. The molecule has 5 rings (SSSR count). The fourth-order valence-corrected chi connectivity index (χ4v) is 5.30. The summed E-state index contributed by atoms with van der Waals surface area (Å²) in [5, 5.41) is 11.9. The molecule has 2 fully saturated rings. The predicted octanol–water partition coefficient (Wildman–Crippen LogP) is 4.90. The molecule has 0 unspecified atom stereocenters. The molecule has 2 aliphatic rings. The number of nitrogens with zero attached hydrogens (tertiary/aromatic N) is 3. The van der Waals surface area contributed by atoms with Crippen LogP contribution in [0.4, 0.5) is 4.39 Å². The number of nitrogens with one attached hydrogen (secondary N) is 1. The van der Waals surface area contributed by atoms with Gasteiger partial charge in [-0.25, -0.2) is 4.39 Å². The van der Waals surface area contributed by atoms with E-state index in [0.717, 1.165) is 24.3 Å². The molecule has 1 N–H and O–H groups in total. The maximum absolute atomic E-state index is 13.9. The van der Waals surface area contributed by atoms with Gasteiger partial charge in [0.05, 0.1) is 24.3 Å². The van der Waals surface area contributed by atoms with Crippen LogP contribution in [-0.2, 0) is 0 Å². The topological polar surface area (TPSA) is 114 Å². The molecule has 1 aliphatic heterocycles. The number of halogens is 1. The lowest BCUT2D eigenvalue weighted by Crippen LogP contribution is -2.42. The van der Waals surface area contributed by atoms with Crippen molar-refractivity contribution in [1.29, 1.82) is 5.26 Å². The van der Waals surface area contributed by atoms with Crippen molar-refractivity contribution in [2.24, 2.45) is 0 Å². The Labute approximate surface area is 244 Å². The quantitative estimate of drug-likeness (QED) is 0.408. The molecule has 0 radical (unpaired) electrons. The number of carbonyl (C=O) groups is 2. The number of amides is 2. The van der Waals surface area contributed by atoms with E-state index in [1.54, 1.807) is 36.3 Å². The first kappa shape index (κ1) is 28.9. The second-order valence-electron chi connectivity index (χ2n) is 10.5. The molecule has 1 aromatic heterocycles. The van der Waals surface area contributed by atoms with Crippen LogP contribution in [0.25, 0.3) is 0 Å². The summed E-state index contributed by atoms with van der Waals surface area (Å²) >= 11 is 0. The van der Waals surface area contributed by atoms with Crippen molar-refractivity contribution < 1.29 is 28.2 Å². The van der Waals surface area contributed by atoms with E-state index in [4.69, 9.17) is 19.5 Å². The Bertz CT molecular complexity index is 1420. The van der Waals surface area contributed by atoms with Crippen molar-refractivity contribution in [2.45, 2.75) is 56.8 Å². The van der Waals surface area contributed by atoms with Crippen LogP contribution >= 0.6 is 0 Å². The monoisotopic (exact) mass is 572 g/mol. The van der Waals surface area contributed by atoms with Gasteiger partial charge in [0.2, 0.25) is 0 Å². The minimum Gasteiger partial charge on any atom is -0.497 e. The van der Waals surface area contributed by atoms with Gasteiger partial charge in [0.15, 0.2) is 0 Å². The molecule has 3 aromatic rings. The lowest BCUT2D eigenvalue weighted by Gasteiger charge is -2.32. The zero-order valence-electron chi connectivity index (χ0n) is 23.4. The van der Waals surface area contributed by atoms with Crippen LogP contribution in [0.3, 0.4) is 0 Å². The van der Waals surface area contributed by atoms with Crippen LogP contribution in [-0.4, -0.2) is 60.1 Å². The summed E-state index contributed by atoms with van der Waals surface area (Å²) in [6, 6.07) is 16.7. The number of methoxy groups -OCH3 is 1. The van der Waals surface area contributed by atoms with Crippen LogP contribution in [0.15, 0.2) is 60.8 Å². The minimum absolute atomic E-state index is 0.0174. The number of carbonyl (C=O) groups excluding carboxylic acids is 2. The fraction of sp³-hybridized carbons (Fsp3) is 0.375. The van der Waals surface area contributed by atoms with Crippen molar-refractivity contribution in [3.63, 3.8) is 0 Å². The number of hydrogen-bond donors (Lipinski definition) is 1. The molecule has 42 heavy (non-hydrogen) atoms. The summed E-state index contributed by atoms with van der Waals surface area (Å²) in [4.78, 5) is 31.9. The number of nitriles is 1. The van der Waals surface area contributed by atoms with Gasteiger partial charge in [0.25, 0.3) is 11.8 Å². The van der Waals surface area contributed by atoms with Crippen molar-refractivity contribution in [3.05, 3.63) is 83.4 Å². The van der Waals surface area contributed by atoms with Gasteiger partial charge in [0.1, 0.15) is 40.9 Å². The Kier molecular flexibility index (Phi) is 9.17. The van der Waals surface area contributed by atoms with Gasteiger partial charge in [-0.05, 0) is 74.2 Å². The SMILES string of the molecule is COc1ccc(OC2CCN(C(=O)c3ccc(C(=O)NC4CCC(Oc5ccc(C#N)c(F)c5)CC4)nc3)CC2)cc1. The number of rotatable bonds is 8. The molecule has 2 aromatic carbocycles. The Morgan fingerprint density at radius 3 is 2.17 bits per heavy atom. The number of hydrogen-bond acceptors (Lipinski definition) is 7. The first-order valence-electron chi connectivity index (χ1n) is 14.1. The van der Waals surface area contributed by atoms with Gasteiger partial charge in [-0.3, -0.25) is 14.6 Å². The van der Waals surface area contributed by atoms with Crippen molar-refractivity contribution in [1.82, 2.24) is 15.2 Å². The number of aromatic nitrogens is 1. The van der Waals surface area contributed by atoms with E-state index in [1.165, 1.54) is 18.3 Å². The fourth-order valence-electron chi connectivity index (χ4n) is 5.30. The number of ether oxygens (including phenoxy) is 3. The van der Waals surface area contributed by atoms with Crippen LogP contribution in [0, 0.1) is 17.1 Å². The average molecular weight is 573 g/mol. The summed E-state index contributed by atoms with van der Waals surface area (Å²) in [5.41, 5.74) is 0.679. The van der Waals surface area contributed by atoms with Crippen molar-refractivity contribution in [3.8, 4) is 23.3 Å². The maximum Gasteiger partial charge on any atom is 0.270 e. The summed E-state index contributed by atoms with van der Waals surface area (Å²) in [7, 11) is 1.62. The summed E-state index contributed by atoms with van der Waals surface area (Å²) in [5.74, 6) is 0.941. The molecule has 2 amide bonds. The van der Waals surface area contributed by atoms with Crippen LogP contribution in [0.5, 0.6) is 17.2 Å². The molecule has 0 spiro atoms. The van der Waals surface area contributed by atoms with Gasteiger partial charge in [-0.2, -0.15) is 5.26 Å². The molecule has 2 heterocycles. The van der Waals surface area contributed by atoms with E-state index in [2.05, 4.69) is 10.3 Å². The van der Waals surface area contributed by atoms with Crippen LogP contribution < -0.4 is 19.5 Å². The third-order valence-corrected chi connectivity index (χ3v) is 7.71. The summed E-state index contributed by atoms with van der Waals surface area (Å²) in [6.07, 6.45) is 5.68. The number of likely N-dealkylation sites (tertiary alicyclic amines) is 1. The maximum atomic E-state index is 13.9. The number of piperidine rings is 1. The molecular weight excluding hydrogens is 539 g/mol. The van der Waals surface area contributed by atoms with E-state index in [1.807, 2.05) is 24.3 Å². The van der Waals surface area contributed by atoms with E-state index in [0.29, 0.717) is 50.1 Å². The van der Waals surface area contributed by atoms with Crippen LogP contribution in [0.1, 0.15) is 64.9 Å². The molecule has 1 saturated heterocycles. The lowest BCUT2D eigenvalue weighted by molar-refractivity contribution is 0.0594. The minimum atomic E-state index is -0.601. The Morgan fingerprint density at radius 2 is 1.55 bits per heavy atom. The lowest BCUT2D eigenvalue weighted by atomic mass is 9.92. The highest BCUT2D eigenvalue weighted by molar-refractivity contribution is 5.96. The van der Waals surface area contributed by atoms with Gasteiger partial charge in [-0.15, -0.1) is 0 Å². The van der Waals surface area contributed by atoms with E-state index in [-0.39, 0.29) is 41.3 Å². The van der Waals surface area contributed by atoms with Gasteiger partial charge >= 0.3 is 0 Å². The number of pyridine rings is 1. The van der Waals surface area contributed by atoms with Gasteiger partial charge < -0.3 is 24.4 Å². The van der Waals surface area contributed by atoms with E-state index in [9.17, 15) is 14.0 Å². The largest absolute Gasteiger partial charge is 0.497 e. The molecule has 1 aliphatic carbocycles. The molecular formula is C32H33FN4O5. The Balaban J connectivity index is 1.05. The summed E-state index contributed by atoms with van der Waals surface area (Å²) in [6.45, 7) is 1.16. The highest BCUT2D eigenvalue weighted by atomic mass is 19.1. The predicted molar refractivity (Wildman–Crippen MR) is 152 cm³/mol. The van der Waals surface area contributed by atoms with Gasteiger partial charge in [-0.1, -0.05) is 0 Å². The van der Waals surface area contributed by atoms with Crippen molar-refractivity contribution >= 4 is 11.8 Å². The zero-order chi connectivity index (χ0) is 29.5. The van der Waals surface area contributed by atoms with Crippen LogP contribution in [0.2, 0.25) is 0 Å². The normalized spacial score (nSPS) is 18.9. The highest BCUT2D eigenvalue weighted by Gasteiger charge is 2.27. The molecule has 10 heteroatoms. The molecule has 1 saturated carbocycles. The Morgan fingerprint density at radius 1 is 0.905 bits per heavy atom. The third-order valence-electron chi connectivity index (χ3n) is 7.71. The number of benzene rings is 2. The van der Waals surface area contributed by atoms with E-state index < -0.39 is 5.82 Å². The van der Waals surface area contributed by atoms with E-state index >= 15 is 0 Å². The second kappa shape index (κ2) is 13.3. The standard InChI is InChI=1S/C32H33FN4O5/c1-40-24-9-11-26(12-10-24)41-27-14-16-37(17-15-27)32(39)22-3-13-30(35-20-22)31(38)36-23-4-7-25(8-5-23)42-28-6-2-21(19-34)29(33)18-28/h2-3,6,9-13,18,20,23,25,27H,4-5,7-8,14-17H2,1H3,(H,36,38). The van der Waals surface area contributed by atoms with Gasteiger partial charge in [0, 0.05) is 44.2 Å². The summed E-state index contributed by atoms with van der Waals surface area (Å²) < 4.78 is 31.0. The molecule has 218 valence electrons. The third kappa shape index (κ3) is 7.16. The zero-order valence-corrected chi connectivity index (χ0v) is 23.4. The second-order valence-corrected chi connectivity index (χ2v) is 10.5. The molecule has 0 atom stereocenters. The molecule has 9 nitrogen and oxygen atoms in total. The smallest absolute Gasteiger partial charge is 0.270 e. The van der Waals surface area contributed by atoms with Crippen molar-refractivity contribution in [2.75, 3.05) is 20.2 Å². The Hall–Kier alpha value is -4.65. The molecule has 0 bridgehead atoms.